The third-order valence-corrected chi connectivity index (χ3v) is 4.37. The van der Waals surface area contributed by atoms with Crippen molar-refractivity contribution >= 4 is 34.3 Å². The zero-order chi connectivity index (χ0) is 10.9. The van der Waals surface area contributed by atoms with Gasteiger partial charge in [0.2, 0.25) is 0 Å². The van der Waals surface area contributed by atoms with Gasteiger partial charge in [0, 0.05) is 9.52 Å². The Morgan fingerprint density at radius 3 is 2.33 bits per heavy atom. The van der Waals surface area contributed by atoms with Gasteiger partial charge >= 0.3 is 21.7 Å². The van der Waals surface area contributed by atoms with Crippen molar-refractivity contribution in [2.45, 2.75) is 25.8 Å². The molecule has 18 heavy (non-hydrogen) atoms. The van der Waals surface area contributed by atoms with Crippen LogP contribution in [0.5, 0.6) is 0 Å². The normalized spacial score (nSPS) is 19.0. The van der Waals surface area contributed by atoms with E-state index in [1.165, 1.54) is 0 Å². The molecule has 0 nitrogen and oxygen atoms in total. The van der Waals surface area contributed by atoms with Crippen LogP contribution in [-0.2, 0) is 21.7 Å². The van der Waals surface area contributed by atoms with E-state index in [0.717, 1.165) is 6.42 Å². The summed E-state index contributed by atoms with van der Waals surface area (Å²) in [5.41, 5.74) is 0.677. The van der Waals surface area contributed by atoms with Gasteiger partial charge in [0.25, 0.3) is 0 Å². The Hall–Kier alpha value is 0.211. The van der Waals surface area contributed by atoms with Crippen molar-refractivity contribution in [3.05, 3.63) is 59.9 Å². The second kappa shape index (κ2) is 15.3. The fourth-order valence-electron chi connectivity index (χ4n) is 1.36. The van der Waals surface area contributed by atoms with Crippen molar-refractivity contribution in [3.8, 4) is 0 Å². The first-order valence-corrected chi connectivity index (χ1v) is 6.95. The van der Waals surface area contributed by atoms with Crippen LogP contribution in [0.2, 0.25) is 5.54 Å². The minimum Gasteiger partial charge on any atom is -0.273 e. The van der Waals surface area contributed by atoms with Gasteiger partial charge in [0.05, 0.1) is 0 Å². The molecule has 0 aromatic carbocycles. The molecule has 0 saturated carbocycles. The van der Waals surface area contributed by atoms with Crippen molar-refractivity contribution < 1.29 is 21.7 Å². The third kappa shape index (κ3) is 11.3. The van der Waals surface area contributed by atoms with Crippen LogP contribution < -0.4 is 0 Å². The van der Waals surface area contributed by atoms with Crippen molar-refractivity contribution in [2.75, 3.05) is 0 Å². The summed E-state index contributed by atoms with van der Waals surface area (Å²) < 4.78 is 0. The molecule has 0 aliphatic heterocycles. The Morgan fingerprint density at radius 1 is 1.28 bits per heavy atom. The first kappa shape index (κ1) is 23.3. The summed E-state index contributed by atoms with van der Waals surface area (Å²) >= 11 is 0. The van der Waals surface area contributed by atoms with E-state index in [4.69, 9.17) is 0 Å². The molecular formula is C14H20Cl2SiTi. The zero-order valence-corrected chi connectivity index (χ0v) is 15.5. The van der Waals surface area contributed by atoms with Crippen LogP contribution >= 0.6 is 24.8 Å². The first-order valence-electron chi connectivity index (χ1n) is 5.42. The van der Waals surface area contributed by atoms with Gasteiger partial charge in [-0.3, -0.25) is 12.2 Å². The number of hydrogen-bond acceptors (Lipinski definition) is 0. The maximum Gasteiger partial charge on any atom is 2.00 e. The SMILES string of the molecule is CC=C(C)[SiH2]C1[C-]=CC=C1.Cl.Cl.[C-]1=CC=CC1.[Ti+2]. The van der Waals surface area contributed by atoms with Crippen molar-refractivity contribution in [1.29, 1.82) is 0 Å². The summed E-state index contributed by atoms with van der Waals surface area (Å²) in [4.78, 5) is 0. The van der Waals surface area contributed by atoms with E-state index in [2.05, 4.69) is 50.3 Å². The summed E-state index contributed by atoms with van der Waals surface area (Å²) in [5.74, 6) is 0. The molecule has 2 aliphatic rings. The molecule has 2 rings (SSSR count). The van der Waals surface area contributed by atoms with Gasteiger partial charge < -0.3 is 0 Å². The summed E-state index contributed by atoms with van der Waals surface area (Å²) in [6.45, 7) is 4.34. The van der Waals surface area contributed by atoms with Crippen LogP contribution in [0.4, 0.5) is 0 Å². The quantitative estimate of drug-likeness (QED) is 0.530. The van der Waals surface area contributed by atoms with Gasteiger partial charge in [0.1, 0.15) is 0 Å². The number of hydrogen-bond donors (Lipinski definition) is 0. The van der Waals surface area contributed by atoms with E-state index in [-0.39, 0.29) is 56.1 Å². The summed E-state index contributed by atoms with van der Waals surface area (Å²) in [6.07, 6.45) is 21.9. The van der Waals surface area contributed by atoms with Crippen LogP contribution in [0.1, 0.15) is 20.3 Å². The fourth-order valence-corrected chi connectivity index (χ4v) is 2.83. The van der Waals surface area contributed by atoms with Gasteiger partial charge in [-0.15, -0.1) is 36.8 Å². The van der Waals surface area contributed by atoms with Crippen LogP contribution in [0.25, 0.3) is 0 Å². The Morgan fingerprint density at radius 2 is 2.00 bits per heavy atom. The van der Waals surface area contributed by atoms with E-state index >= 15 is 0 Å². The minimum absolute atomic E-state index is 0. The third-order valence-electron chi connectivity index (χ3n) is 2.37. The van der Waals surface area contributed by atoms with Crippen molar-refractivity contribution in [1.82, 2.24) is 0 Å². The van der Waals surface area contributed by atoms with Crippen LogP contribution in [-0.4, -0.2) is 9.52 Å². The molecule has 0 spiro atoms. The first-order chi connectivity index (χ1) is 7.33. The van der Waals surface area contributed by atoms with E-state index in [9.17, 15) is 0 Å². The summed E-state index contributed by atoms with van der Waals surface area (Å²) in [6, 6.07) is 0. The molecule has 0 aromatic rings. The second-order valence-corrected chi connectivity index (χ2v) is 6.07. The standard InChI is InChI=1S/C9H13Si.C5H5.2ClH.Ti/c1-3-8(2)10-9-6-4-5-7-9;1-2-4-5-3-1;;;/h3-6,9H,10H2,1-2H3;1-3H,4H2;2*1H;/q2*-1;;;+2. The monoisotopic (exact) mass is 334 g/mol. The second-order valence-electron chi connectivity index (χ2n) is 3.67. The summed E-state index contributed by atoms with van der Waals surface area (Å²) in [5, 5.41) is 1.58. The molecular weight excluding hydrogens is 315 g/mol. The Labute approximate surface area is 141 Å². The molecule has 0 N–H and O–H groups in total. The maximum atomic E-state index is 3.31. The van der Waals surface area contributed by atoms with Crippen molar-refractivity contribution in [2.24, 2.45) is 0 Å². The topological polar surface area (TPSA) is 0 Å². The molecule has 0 bridgehead atoms. The number of rotatable bonds is 2. The molecule has 0 saturated heterocycles. The fraction of sp³-hybridized carbons (Fsp3) is 0.286. The van der Waals surface area contributed by atoms with E-state index in [0.29, 0.717) is 5.54 Å². The molecule has 0 aromatic heterocycles. The molecule has 1 atom stereocenters. The predicted molar refractivity (Wildman–Crippen MR) is 84.7 cm³/mol. The van der Waals surface area contributed by atoms with Crippen molar-refractivity contribution in [3.63, 3.8) is 0 Å². The Balaban J connectivity index is -0.000000245. The molecule has 1 unspecified atom stereocenters. The summed E-state index contributed by atoms with van der Waals surface area (Å²) in [7, 11) is -0.0559. The van der Waals surface area contributed by atoms with Gasteiger partial charge in [0.15, 0.2) is 0 Å². The zero-order valence-electron chi connectivity index (χ0n) is 10.8. The van der Waals surface area contributed by atoms with E-state index in [1.54, 1.807) is 5.20 Å². The minimum atomic E-state index is -0.0559. The van der Waals surface area contributed by atoms with Gasteiger partial charge in [-0.25, -0.2) is 24.3 Å². The largest absolute Gasteiger partial charge is 2.00 e. The van der Waals surface area contributed by atoms with E-state index in [1.807, 2.05) is 18.2 Å². The Bertz CT molecular complexity index is 309. The van der Waals surface area contributed by atoms with Gasteiger partial charge in [-0.05, 0) is 13.8 Å². The molecule has 0 radical (unpaired) electrons. The number of halogens is 2. The van der Waals surface area contributed by atoms with Crippen LogP contribution in [0.15, 0.2) is 47.7 Å². The van der Waals surface area contributed by atoms with Gasteiger partial charge in [-0.1, -0.05) is 11.3 Å². The van der Waals surface area contributed by atoms with Crippen LogP contribution in [0, 0.1) is 12.2 Å². The molecule has 0 amide bonds. The molecule has 0 heterocycles. The van der Waals surface area contributed by atoms with Gasteiger partial charge in [-0.2, -0.15) is 12.2 Å². The average molecular weight is 335 g/mol. The predicted octanol–water partition coefficient (Wildman–Crippen LogP) is 3.94. The van der Waals surface area contributed by atoms with Crippen LogP contribution in [0.3, 0.4) is 0 Å². The Kier molecular flexibility index (Phi) is 19.8. The smallest absolute Gasteiger partial charge is 0.273 e. The number of allylic oxidation sites excluding steroid dienone is 10. The molecule has 0 fully saturated rings. The molecule has 2 aliphatic carbocycles. The maximum absolute atomic E-state index is 3.31. The van der Waals surface area contributed by atoms with E-state index < -0.39 is 0 Å². The molecule has 4 heteroatoms. The average Bonchev–Trinajstić information content (AvgIpc) is 2.92. The molecule has 98 valence electrons.